The molecule has 0 fully saturated rings. The van der Waals surface area contributed by atoms with E-state index in [4.69, 9.17) is 9.47 Å². The van der Waals surface area contributed by atoms with Gasteiger partial charge >= 0.3 is 0 Å². The van der Waals surface area contributed by atoms with E-state index >= 15 is 0 Å². The summed E-state index contributed by atoms with van der Waals surface area (Å²) in [4.78, 5) is 0. The summed E-state index contributed by atoms with van der Waals surface area (Å²) in [5, 5.41) is 22.7. The Balaban J connectivity index is 1.81. The molecule has 5 nitrogen and oxygen atoms in total. The number of phenolic OH excluding ortho intramolecular Hbond substituents is 2. The first-order valence-electron chi connectivity index (χ1n) is 6.81. The molecule has 1 heterocycles. The molecular formula is C16H17NO4. The molecule has 1 atom stereocenters. The van der Waals surface area contributed by atoms with Crippen LogP contribution in [0.5, 0.6) is 23.0 Å². The van der Waals surface area contributed by atoms with Gasteiger partial charge in [-0.2, -0.15) is 0 Å². The van der Waals surface area contributed by atoms with Crippen molar-refractivity contribution in [3.63, 3.8) is 0 Å². The monoisotopic (exact) mass is 287 g/mol. The lowest BCUT2D eigenvalue weighted by Gasteiger charge is -2.21. The first-order valence-corrected chi connectivity index (χ1v) is 6.81. The molecule has 0 saturated carbocycles. The molecule has 2 aromatic rings. The van der Waals surface area contributed by atoms with E-state index in [1.807, 2.05) is 25.1 Å². The minimum atomic E-state index is -0.167. The summed E-state index contributed by atoms with van der Waals surface area (Å²) in [6.07, 6.45) is 0. The number of rotatable bonds is 3. The van der Waals surface area contributed by atoms with Crippen LogP contribution in [0.3, 0.4) is 0 Å². The highest BCUT2D eigenvalue weighted by atomic mass is 16.6. The van der Waals surface area contributed by atoms with E-state index < -0.39 is 0 Å². The number of anilines is 1. The smallest absolute Gasteiger partial charge is 0.163 e. The zero-order valence-corrected chi connectivity index (χ0v) is 11.7. The van der Waals surface area contributed by atoms with Gasteiger partial charge in [-0.25, -0.2) is 0 Å². The molecule has 0 spiro atoms. The summed E-state index contributed by atoms with van der Waals surface area (Å²) in [7, 11) is 0. The second kappa shape index (κ2) is 5.44. The van der Waals surface area contributed by atoms with Crippen LogP contribution in [-0.2, 0) is 0 Å². The van der Waals surface area contributed by atoms with Crippen LogP contribution in [0.4, 0.5) is 5.69 Å². The number of aromatic hydroxyl groups is 2. The summed E-state index contributed by atoms with van der Waals surface area (Å²) in [6.45, 7) is 3.01. The van der Waals surface area contributed by atoms with E-state index in [9.17, 15) is 10.2 Å². The van der Waals surface area contributed by atoms with Gasteiger partial charge in [-0.15, -0.1) is 0 Å². The standard InChI is InChI=1S/C16H17NO4/c1-10(13-9-12(18)3-4-14(13)19)17-11-2-5-15-16(8-11)21-7-6-20-15/h2-5,8-10,17-19H,6-7H2,1H3. The maximum absolute atomic E-state index is 9.88. The highest BCUT2D eigenvalue weighted by molar-refractivity contribution is 5.56. The Morgan fingerprint density at radius 3 is 2.57 bits per heavy atom. The number of phenols is 2. The van der Waals surface area contributed by atoms with Crippen molar-refractivity contribution in [2.24, 2.45) is 0 Å². The van der Waals surface area contributed by atoms with E-state index in [1.165, 1.54) is 12.1 Å². The third-order valence-corrected chi connectivity index (χ3v) is 3.40. The van der Waals surface area contributed by atoms with Crippen molar-refractivity contribution < 1.29 is 19.7 Å². The highest BCUT2D eigenvalue weighted by Gasteiger charge is 2.15. The largest absolute Gasteiger partial charge is 0.508 e. The Kier molecular flexibility index (Phi) is 3.48. The van der Waals surface area contributed by atoms with E-state index in [0.717, 1.165) is 11.4 Å². The molecule has 0 aliphatic carbocycles. The van der Waals surface area contributed by atoms with E-state index in [-0.39, 0.29) is 17.5 Å². The summed E-state index contributed by atoms with van der Waals surface area (Å²) in [5.41, 5.74) is 1.49. The van der Waals surface area contributed by atoms with Gasteiger partial charge in [-0.1, -0.05) is 0 Å². The van der Waals surface area contributed by atoms with Gasteiger partial charge in [0.15, 0.2) is 11.5 Å². The summed E-state index contributed by atoms with van der Waals surface area (Å²) < 4.78 is 11.0. The maximum Gasteiger partial charge on any atom is 0.163 e. The molecule has 3 N–H and O–H groups in total. The van der Waals surface area contributed by atoms with Gasteiger partial charge in [-0.3, -0.25) is 0 Å². The van der Waals surface area contributed by atoms with Crippen LogP contribution in [0.2, 0.25) is 0 Å². The van der Waals surface area contributed by atoms with Crippen molar-refractivity contribution in [2.75, 3.05) is 18.5 Å². The molecule has 2 aromatic carbocycles. The van der Waals surface area contributed by atoms with Gasteiger partial charge in [0.05, 0.1) is 6.04 Å². The Labute approximate surface area is 122 Å². The van der Waals surface area contributed by atoms with Gasteiger partial charge in [-0.05, 0) is 37.3 Å². The van der Waals surface area contributed by atoms with Crippen LogP contribution in [0, 0.1) is 0 Å². The van der Waals surface area contributed by atoms with Crippen LogP contribution in [0.25, 0.3) is 0 Å². The van der Waals surface area contributed by atoms with Gasteiger partial charge in [0.25, 0.3) is 0 Å². The molecule has 0 radical (unpaired) electrons. The van der Waals surface area contributed by atoms with Gasteiger partial charge < -0.3 is 25.0 Å². The molecule has 1 unspecified atom stereocenters. The molecule has 1 aliphatic heterocycles. The first kappa shape index (κ1) is 13.4. The predicted molar refractivity (Wildman–Crippen MR) is 79.2 cm³/mol. The van der Waals surface area contributed by atoms with Gasteiger partial charge in [0.2, 0.25) is 0 Å². The fourth-order valence-corrected chi connectivity index (χ4v) is 2.35. The molecular weight excluding hydrogens is 270 g/mol. The predicted octanol–water partition coefficient (Wildman–Crippen LogP) is 3.04. The van der Waals surface area contributed by atoms with Gasteiger partial charge in [0, 0.05) is 17.3 Å². The second-order valence-corrected chi connectivity index (χ2v) is 4.97. The quantitative estimate of drug-likeness (QED) is 0.757. The topological polar surface area (TPSA) is 71.0 Å². The molecule has 0 aromatic heterocycles. The zero-order valence-electron chi connectivity index (χ0n) is 11.7. The van der Waals surface area contributed by atoms with E-state index in [0.29, 0.717) is 24.5 Å². The van der Waals surface area contributed by atoms with Crippen LogP contribution >= 0.6 is 0 Å². The van der Waals surface area contributed by atoms with E-state index in [2.05, 4.69) is 5.32 Å². The van der Waals surface area contributed by atoms with Crippen molar-refractivity contribution >= 4 is 5.69 Å². The average Bonchev–Trinajstić information content (AvgIpc) is 2.49. The normalized spacial score (nSPS) is 14.5. The maximum atomic E-state index is 9.88. The zero-order chi connectivity index (χ0) is 14.8. The number of ether oxygens (including phenoxy) is 2. The minimum Gasteiger partial charge on any atom is -0.508 e. The first-order chi connectivity index (χ1) is 10.1. The minimum absolute atomic E-state index is 0.124. The fourth-order valence-electron chi connectivity index (χ4n) is 2.35. The highest BCUT2D eigenvalue weighted by Crippen LogP contribution is 2.35. The second-order valence-electron chi connectivity index (χ2n) is 4.97. The molecule has 1 aliphatic rings. The molecule has 5 heteroatoms. The Bertz CT molecular complexity index is 657. The van der Waals surface area contributed by atoms with Crippen molar-refractivity contribution in [1.82, 2.24) is 0 Å². The Morgan fingerprint density at radius 1 is 1.00 bits per heavy atom. The summed E-state index contributed by atoms with van der Waals surface area (Å²) in [5.74, 6) is 1.71. The lowest BCUT2D eigenvalue weighted by Crippen LogP contribution is -2.15. The molecule has 21 heavy (non-hydrogen) atoms. The summed E-state index contributed by atoms with van der Waals surface area (Å²) >= 11 is 0. The molecule has 110 valence electrons. The summed E-state index contributed by atoms with van der Waals surface area (Å²) in [6, 6.07) is 9.92. The Hall–Kier alpha value is -2.56. The molecule has 0 amide bonds. The number of hydrogen-bond acceptors (Lipinski definition) is 5. The van der Waals surface area contributed by atoms with Crippen molar-refractivity contribution in [1.29, 1.82) is 0 Å². The third kappa shape index (κ3) is 2.81. The lowest BCUT2D eigenvalue weighted by molar-refractivity contribution is 0.171. The molecule has 0 saturated heterocycles. The van der Waals surface area contributed by atoms with E-state index in [1.54, 1.807) is 6.07 Å². The lowest BCUT2D eigenvalue weighted by atomic mass is 10.1. The van der Waals surface area contributed by atoms with Crippen molar-refractivity contribution in [2.45, 2.75) is 13.0 Å². The third-order valence-electron chi connectivity index (χ3n) is 3.40. The number of hydrogen-bond donors (Lipinski definition) is 3. The van der Waals surface area contributed by atoms with Crippen LogP contribution < -0.4 is 14.8 Å². The average molecular weight is 287 g/mol. The fraction of sp³-hybridized carbons (Fsp3) is 0.250. The van der Waals surface area contributed by atoms with Crippen LogP contribution in [0.1, 0.15) is 18.5 Å². The van der Waals surface area contributed by atoms with Crippen LogP contribution in [0.15, 0.2) is 36.4 Å². The molecule has 3 rings (SSSR count). The Morgan fingerprint density at radius 2 is 1.76 bits per heavy atom. The van der Waals surface area contributed by atoms with Crippen molar-refractivity contribution in [3.05, 3.63) is 42.0 Å². The number of fused-ring (bicyclic) bond motifs is 1. The van der Waals surface area contributed by atoms with Gasteiger partial charge in [0.1, 0.15) is 24.7 Å². The van der Waals surface area contributed by atoms with Crippen LogP contribution in [-0.4, -0.2) is 23.4 Å². The number of benzene rings is 2. The van der Waals surface area contributed by atoms with Crippen molar-refractivity contribution in [3.8, 4) is 23.0 Å². The number of nitrogens with one attached hydrogen (secondary N) is 1. The SMILES string of the molecule is CC(Nc1ccc2c(c1)OCCO2)c1cc(O)ccc1O. The molecule has 0 bridgehead atoms.